The third-order valence-electron chi connectivity index (χ3n) is 5.98. The molecule has 2 aliphatic heterocycles. The Balaban J connectivity index is 1.71. The van der Waals surface area contributed by atoms with E-state index in [2.05, 4.69) is 5.32 Å². The molecular formula is C20H29N3O5S. The fourth-order valence-corrected chi connectivity index (χ4v) is 5.78. The number of piperidine rings is 1. The number of nitrogens with zero attached hydrogens (tertiary/aromatic N) is 2. The number of benzene rings is 1. The highest BCUT2D eigenvalue weighted by Gasteiger charge is 2.54. The van der Waals surface area contributed by atoms with E-state index in [1.807, 2.05) is 6.92 Å². The summed E-state index contributed by atoms with van der Waals surface area (Å²) < 4.78 is 32.1. The van der Waals surface area contributed by atoms with Crippen molar-refractivity contribution < 1.29 is 22.7 Å². The van der Waals surface area contributed by atoms with E-state index in [1.165, 1.54) is 4.31 Å². The molecule has 1 atom stereocenters. The van der Waals surface area contributed by atoms with Crippen LogP contribution in [0.25, 0.3) is 0 Å². The van der Waals surface area contributed by atoms with E-state index in [0.29, 0.717) is 39.0 Å². The summed E-state index contributed by atoms with van der Waals surface area (Å²) in [6, 6.07) is 7.83. The molecule has 0 saturated carbocycles. The Bertz CT molecular complexity index is 835. The number of nitrogens with one attached hydrogen (secondary N) is 1. The maximum Gasteiger partial charge on any atom is 0.243 e. The molecular weight excluding hydrogens is 394 g/mol. The topological polar surface area (TPSA) is 96.0 Å². The second-order valence-electron chi connectivity index (χ2n) is 7.59. The Morgan fingerprint density at radius 3 is 2.48 bits per heavy atom. The minimum Gasteiger partial charge on any atom is -0.383 e. The first-order valence-corrected chi connectivity index (χ1v) is 11.4. The zero-order valence-corrected chi connectivity index (χ0v) is 17.8. The second kappa shape index (κ2) is 8.81. The molecule has 2 amide bonds. The van der Waals surface area contributed by atoms with Crippen LogP contribution in [0.5, 0.6) is 0 Å². The normalized spacial score (nSPS) is 22.2. The van der Waals surface area contributed by atoms with Gasteiger partial charge < -0.3 is 15.0 Å². The van der Waals surface area contributed by atoms with Gasteiger partial charge in [-0.25, -0.2) is 8.42 Å². The van der Waals surface area contributed by atoms with Crippen LogP contribution in [-0.4, -0.2) is 75.4 Å². The molecule has 1 aromatic carbocycles. The number of hydrogen-bond acceptors (Lipinski definition) is 5. The maximum absolute atomic E-state index is 13.1. The number of ether oxygens (including phenoxy) is 1. The van der Waals surface area contributed by atoms with Crippen LogP contribution in [-0.2, 0) is 24.3 Å². The Kier molecular flexibility index (Phi) is 6.60. The number of carbonyl (C=O) groups excluding carboxylic acids is 2. The molecule has 3 rings (SSSR count). The van der Waals surface area contributed by atoms with Crippen molar-refractivity contribution in [2.75, 3.05) is 39.9 Å². The summed E-state index contributed by atoms with van der Waals surface area (Å²) in [4.78, 5) is 27.6. The summed E-state index contributed by atoms with van der Waals surface area (Å²) in [5, 5.41) is 2.82. The third kappa shape index (κ3) is 4.17. The van der Waals surface area contributed by atoms with Gasteiger partial charge in [0, 0.05) is 33.3 Å². The van der Waals surface area contributed by atoms with Crippen molar-refractivity contribution in [2.45, 2.75) is 37.1 Å². The van der Waals surface area contributed by atoms with Crippen LogP contribution in [0.3, 0.4) is 0 Å². The van der Waals surface area contributed by atoms with Gasteiger partial charge in [0.05, 0.1) is 16.9 Å². The lowest BCUT2D eigenvalue weighted by atomic mass is 9.76. The fourth-order valence-electron chi connectivity index (χ4n) is 4.32. The highest BCUT2D eigenvalue weighted by Crippen LogP contribution is 2.45. The maximum atomic E-state index is 13.1. The number of carbonyl (C=O) groups is 2. The van der Waals surface area contributed by atoms with Gasteiger partial charge in [0.25, 0.3) is 0 Å². The molecule has 1 unspecified atom stereocenters. The van der Waals surface area contributed by atoms with Crippen molar-refractivity contribution >= 4 is 21.8 Å². The Morgan fingerprint density at radius 2 is 1.90 bits per heavy atom. The molecule has 160 valence electrons. The molecule has 2 fully saturated rings. The average Bonchev–Trinajstić information content (AvgIpc) is 3.00. The number of hydrogen-bond donors (Lipinski definition) is 1. The van der Waals surface area contributed by atoms with Crippen molar-refractivity contribution in [3.8, 4) is 0 Å². The highest BCUT2D eigenvalue weighted by atomic mass is 32.2. The minimum absolute atomic E-state index is 0.0383. The Hall–Kier alpha value is -1.97. The van der Waals surface area contributed by atoms with Crippen LogP contribution < -0.4 is 5.32 Å². The van der Waals surface area contributed by atoms with Gasteiger partial charge in [-0.3, -0.25) is 9.59 Å². The summed E-state index contributed by atoms with van der Waals surface area (Å²) in [7, 11) is -2.01. The molecule has 2 saturated heterocycles. The fraction of sp³-hybridized carbons (Fsp3) is 0.600. The van der Waals surface area contributed by atoms with E-state index in [1.54, 1.807) is 42.3 Å². The summed E-state index contributed by atoms with van der Waals surface area (Å²) in [6.07, 6.45) is 1.28. The second-order valence-corrected chi connectivity index (χ2v) is 9.53. The summed E-state index contributed by atoms with van der Waals surface area (Å²) in [5.74, 6) is -0.211. The number of likely N-dealkylation sites (N-methyl/N-ethyl adjacent to an activating group) is 1. The molecule has 0 aromatic heterocycles. The molecule has 2 aliphatic rings. The number of sulfonamides is 1. The zero-order chi connectivity index (χ0) is 21.1. The molecule has 1 aromatic rings. The van der Waals surface area contributed by atoms with E-state index in [4.69, 9.17) is 4.74 Å². The van der Waals surface area contributed by atoms with Crippen molar-refractivity contribution in [3.05, 3.63) is 30.3 Å². The van der Waals surface area contributed by atoms with Crippen LogP contribution in [0.4, 0.5) is 0 Å². The summed E-state index contributed by atoms with van der Waals surface area (Å²) in [5.41, 5.74) is -0.665. The Morgan fingerprint density at radius 1 is 1.24 bits per heavy atom. The van der Waals surface area contributed by atoms with Crippen molar-refractivity contribution in [1.29, 1.82) is 0 Å². The molecule has 29 heavy (non-hydrogen) atoms. The van der Waals surface area contributed by atoms with E-state index in [-0.39, 0.29) is 29.8 Å². The van der Waals surface area contributed by atoms with E-state index in [9.17, 15) is 18.0 Å². The lowest BCUT2D eigenvalue weighted by molar-refractivity contribution is -0.140. The quantitative estimate of drug-likeness (QED) is 0.656. The van der Waals surface area contributed by atoms with Crippen LogP contribution in [0.15, 0.2) is 35.2 Å². The number of amides is 2. The largest absolute Gasteiger partial charge is 0.383 e. The van der Waals surface area contributed by atoms with Gasteiger partial charge in [-0.1, -0.05) is 18.2 Å². The molecule has 9 heteroatoms. The van der Waals surface area contributed by atoms with Gasteiger partial charge >= 0.3 is 0 Å². The molecule has 0 bridgehead atoms. The molecule has 2 heterocycles. The summed E-state index contributed by atoms with van der Waals surface area (Å²) in [6.45, 7) is 3.68. The Labute approximate surface area is 172 Å². The predicted octanol–water partition coefficient (Wildman–Crippen LogP) is 0.841. The van der Waals surface area contributed by atoms with Gasteiger partial charge in [-0.15, -0.1) is 0 Å². The summed E-state index contributed by atoms with van der Waals surface area (Å²) >= 11 is 0. The number of rotatable bonds is 7. The van der Waals surface area contributed by atoms with Gasteiger partial charge in [-0.05, 0) is 38.3 Å². The van der Waals surface area contributed by atoms with Crippen molar-refractivity contribution in [1.82, 2.24) is 14.5 Å². The van der Waals surface area contributed by atoms with Gasteiger partial charge in [0.2, 0.25) is 21.8 Å². The minimum atomic E-state index is -3.57. The first-order chi connectivity index (χ1) is 13.9. The number of likely N-dealkylation sites (tertiary alicyclic amines) is 1. The van der Waals surface area contributed by atoms with Crippen LogP contribution >= 0.6 is 0 Å². The average molecular weight is 424 g/mol. The van der Waals surface area contributed by atoms with Crippen LogP contribution in [0.1, 0.15) is 26.2 Å². The molecule has 1 N–H and O–H groups in total. The molecule has 0 aliphatic carbocycles. The third-order valence-corrected chi connectivity index (χ3v) is 7.90. The standard InChI is InChI=1S/C20H29N3O5S/c1-3-23-17(18(24)21-11-14-28-2)15-20(19(23)25)9-12-22(13-10-20)29(26,27)16-7-5-4-6-8-16/h4-8,17H,3,9-15H2,1-2H3,(H,21,24). The predicted molar refractivity (Wildman–Crippen MR) is 108 cm³/mol. The van der Waals surface area contributed by atoms with Gasteiger partial charge in [-0.2, -0.15) is 4.31 Å². The van der Waals surface area contributed by atoms with Crippen molar-refractivity contribution in [3.63, 3.8) is 0 Å². The van der Waals surface area contributed by atoms with E-state index >= 15 is 0 Å². The monoisotopic (exact) mass is 423 g/mol. The molecule has 0 radical (unpaired) electrons. The van der Waals surface area contributed by atoms with E-state index in [0.717, 1.165) is 0 Å². The first kappa shape index (κ1) is 21.7. The smallest absolute Gasteiger partial charge is 0.243 e. The first-order valence-electron chi connectivity index (χ1n) is 9.98. The van der Waals surface area contributed by atoms with Crippen molar-refractivity contribution in [2.24, 2.45) is 5.41 Å². The van der Waals surface area contributed by atoms with E-state index < -0.39 is 21.5 Å². The molecule has 8 nitrogen and oxygen atoms in total. The lowest BCUT2D eigenvalue weighted by Gasteiger charge is -2.37. The molecule has 1 spiro atoms. The van der Waals surface area contributed by atoms with Gasteiger partial charge in [0.1, 0.15) is 6.04 Å². The zero-order valence-electron chi connectivity index (χ0n) is 17.0. The highest BCUT2D eigenvalue weighted by molar-refractivity contribution is 7.89. The van der Waals surface area contributed by atoms with Gasteiger partial charge in [0.15, 0.2) is 0 Å². The van der Waals surface area contributed by atoms with Crippen LogP contribution in [0, 0.1) is 5.41 Å². The lowest BCUT2D eigenvalue weighted by Crippen LogP contribution is -2.47. The SMILES string of the molecule is CCN1C(=O)C2(CCN(S(=O)(=O)c3ccccc3)CC2)CC1C(=O)NCCOC. The number of methoxy groups -OCH3 is 1. The van der Waals surface area contributed by atoms with Crippen LogP contribution in [0.2, 0.25) is 0 Å².